The van der Waals surface area contributed by atoms with Crippen molar-refractivity contribution in [1.82, 2.24) is 14.3 Å². The van der Waals surface area contributed by atoms with Crippen LogP contribution in [0.15, 0.2) is 0 Å². The summed E-state index contributed by atoms with van der Waals surface area (Å²) in [5, 5.41) is 0.974. The molecule has 2 aliphatic rings. The Morgan fingerprint density at radius 3 is 2.35 bits per heavy atom. The lowest BCUT2D eigenvalue weighted by atomic mass is 9.97. The lowest BCUT2D eigenvalue weighted by molar-refractivity contribution is -0.137. The first-order chi connectivity index (χ1) is 10.1. The van der Waals surface area contributed by atoms with Crippen molar-refractivity contribution < 1.29 is 4.79 Å². The molecule has 1 aliphatic carbocycles. The molecular weight excluding hydrogens is 357 g/mol. The number of piperazine rings is 1. The maximum absolute atomic E-state index is 12.6. The fraction of sp³-hybridized carbons (Fsp3) is 0.786. The Balaban J connectivity index is 0.00000132. The van der Waals surface area contributed by atoms with Gasteiger partial charge in [0, 0.05) is 44.1 Å². The largest absolute Gasteiger partial charge is 0.343 e. The molecule has 2 heterocycles. The minimum atomic E-state index is -0.597. The van der Waals surface area contributed by atoms with Gasteiger partial charge in [-0.1, -0.05) is 19.8 Å². The molecule has 1 saturated heterocycles. The molecule has 1 aliphatic heterocycles. The number of nitrogens with two attached hydrogens (primary N) is 1. The Morgan fingerprint density at radius 1 is 1.22 bits per heavy atom. The van der Waals surface area contributed by atoms with Crippen LogP contribution in [0.4, 0.5) is 5.13 Å². The van der Waals surface area contributed by atoms with Crippen molar-refractivity contribution in [3.63, 3.8) is 0 Å². The number of hydrogen-bond acceptors (Lipinski definition) is 6. The summed E-state index contributed by atoms with van der Waals surface area (Å²) in [6.07, 6.45) is 4.69. The Hall–Kier alpha value is -0.630. The minimum absolute atomic E-state index is 0. The van der Waals surface area contributed by atoms with Crippen LogP contribution in [0.25, 0.3) is 0 Å². The van der Waals surface area contributed by atoms with E-state index >= 15 is 0 Å². The highest BCUT2D eigenvalue weighted by molar-refractivity contribution is 7.09. The SMILES string of the molecule is CCc1nsc(N2CCN(C(=O)C3(N)CCCC3)CC2)n1.Cl.Cl. The van der Waals surface area contributed by atoms with Crippen LogP contribution in [0.2, 0.25) is 0 Å². The van der Waals surface area contributed by atoms with E-state index in [1.54, 1.807) is 0 Å². The minimum Gasteiger partial charge on any atom is -0.343 e. The van der Waals surface area contributed by atoms with Crippen molar-refractivity contribution >= 4 is 47.4 Å². The molecule has 0 radical (unpaired) electrons. The third-order valence-electron chi connectivity index (χ3n) is 4.53. The van der Waals surface area contributed by atoms with E-state index in [9.17, 15) is 4.79 Å². The number of aromatic nitrogens is 2. The average Bonchev–Trinajstić information content (AvgIpc) is 3.16. The highest BCUT2D eigenvalue weighted by Gasteiger charge is 2.40. The van der Waals surface area contributed by atoms with E-state index in [2.05, 4.69) is 21.2 Å². The molecule has 132 valence electrons. The normalized spacial score (nSPS) is 19.9. The number of nitrogens with zero attached hydrogens (tertiary/aromatic N) is 4. The fourth-order valence-electron chi connectivity index (χ4n) is 3.15. The van der Waals surface area contributed by atoms with Gasteiger partial charge in [0.05, 0.1) is 5.54 Å². The quantitative estimate of drug-likeness (QED) is 0.864. The van der Waals surface area contributed by atoms with Crippen LogP contribution in [0.5, 0.6) is 0 Å². The van der Waals surface area contributed by atoms with E-state index < -0.39 is 5.54 Å². The highest BCUT2D eigenvalue weighted by atomic mass is 35.5. The standard InChI is InChI=1S/C14H23N5OS.2ClH/c1-2-11-16-13(21-17-11)19-9-7-18(8-10-19)12(20)14(15)5-3-4-6-14;;/h2-10,15H2,1H3;2*1H. The predicted molar refractivity (Wildman–Crippen MR) is 98.0 cm³/mol. The van der Waals surface area contributed by atoms with Gasteiger partial charge in [0.25, 0.3) is 0 Å². The summed E-state index contributed by atoms with van der Waals surface area (Å²) in [5.74, 6) is 1.05. The number of carbonyl (C=O) groups is 1. The molecule has 0 aromatic carbocycles. The molecule has 9 heteroatoms. The van der Waals surface area contributed by atoms with Gasteiger partial charge >= 0.3 is 0 Å². The van der Waals surface area contributed by atoms with Crippen LogP contribution >= 0.6 is 36.3 Å². The van der Waals surface area contributed by atoms with Crippen molar-refractivity contribution in [3.8, 4) is 0 Å². The van der Waals surface area contributed by atoms with Crippen molar-refractivity contribution in [1.29, 1.82) is 0 Å². The third-order valence-corrected chi connectivity index (χ3v) is 5.35. The number of halogens is 2. The summed E-state index contributed by atoms with van der Waals surface area (Å²) >= 11 is 1.45. The van der Waals surface area contributed by atoms with E-state index in [4.69, 9.17) is 5.73 Å². The predicted octanol–water partition coefficient (Wildman–Crippen LogP) is 1.86. The van der Waals surface area contributed by atoms with Gasteiger partial charge in [0.2, 0.25) is 11.0 Å². The van der Waals surface area contributed by atoms with Crippen molar-refractivity contribution in [2.75, 3.05) is 31.1 Å². The van der Waals surface area contributed by atoms with E-state index in [1.807, 2.05) is 4.90 Å². The van der Waals surface area contributed by atoms with Crippen LogP contribution in [0.1, 0.15) is 38.4 Å². The molecule has 2 N–H and O–H groups in total. The molecule has 2 fully saturated rings. The van der Waals surface area contributed by atoms with E-state index in [-0.39, 0.29) is 30.7 Å². The zero-order valence-electron chi connectivity index (χ0n) is 13.4. The van der Waals surface area contributed by atoms with Crippen molar-refractivity contribution in [2.45, 2.75) is 44.6 Å². The molecule has 1 saturated carbocycles. The van der Waals surface area contributed by atoms with Crippen LogP contribution < -0.4 is 10.6 Å². The van der Waals surface area contributed by atoms with Gasteiger partial charge in [-0.2, -0.15) is 4.37 Å². The first-order valence-corrected chi connectivity index (χ1v) is 8.55. The Labute approximate surface area is 153 Å². The van der Waals surface area contributed by atoms with Gasteiger partial charge in [-0.25, -0.2) is 4.98 Å². The van der Waals surface area contributed by atoms with Gasteiger partial charge in [-0.15, -0.1) is 24.8 Å². The zero-order valence-corrected chi connectivity index (χ0v) is 15.8. The smallest absolute Gasteiger partial charge is 0.242 e. The Bertz CT molecular complexity index is 513. The third kappa shape index (κ3) is 4.26. The van der Waals surface area contributed by atoms with E-state index in [0.717, 1.165) is 69.2 Å². The molecule has 1 amide bonds. The van der Waals surface area contributed by atoms with E-state index in [0.29, 0.717) is 0 Å². The fourth-order valence-corrected chi connectivity index (χ4v) is 3.95. The van der Waals surface area contributed by atoms with Crippen molar-refractivity contribution in [3.05, 3.63) is 5.82 Å². The lowest BCUT2D eigenvalue weighted by Crippen LogP contribution is -2.58. The summed E-state index contributed by atoms with van der Waals surface area (Å²) in [6.45, 7) is 5.17. The molecule has 0 unspecified atom stereocenters. The Kier molecular flexibility index (Phi) is 7.51. The van der Waals surface area contributed by atoms with Gasteiger partial charge in [0.15, 0.2) is 0 Å². The van der Waals surface area contributed by atoms with Gasteiger partial charge in [0.1, 0.15) is 5.82 Å². The van der Waals surface area contributed by atoms with Crippen LogP contribution in [-0.2, 0) is 11.2 Å². The first-order valence-electron chi connectivity index (χ1n) is 7.78. The maximum Gasteiger partial charge on any atom is 0.242 e. The number of rotatable bonds is 3. The number of carbonyl (C=O) groups excluding carboxylic acids is 1. The molecule has 0 bridgehead atoms. The monoisotopic (exact) mass is 381 g/mol. The van der Waals surface area contributed by atoms with Gasteiger partial charge < -0.3 is 15.5 Å². The summed E-state index contributed by atoms with van der Waals surface area (Å²) in [5.41, 5.74) is 5.68. The number of amides is 1. The number of hydrogen-bond donors (Lipinski definition) is 1. The summed E-state index contributed by atoms with van der Waals surface area (Å²) in [6, 6.07) is 0. The molecule has 1 aromatic rings. The summed E-state index contributed by atoms with van der Waals surface area (Å²) in [7, 11) is 0. The van der Waals surface area contributed by atoms with Crippen LogP contribution in [-0.4, -0.2) is 51.9 Å². The second-order valence-corrected chi connectivity index (χ2v) is 6.72. The van der Waals surface area contributed by atoms with Gasteiger partial charge in [-0.05, 0) is 12.8 Å². The average molecular weight is 382 g/mol. The van der Waals surface area contributed by atoms with Crippen LogP contribution in [0, 0.1) is 0 Å². The molecule has 0 atom stereocenters. The molecule has 6 nitrogen and oxygen atoms in total. The molecule has 1 aromatic heterocycles. The second-order valence-electron chi connectivity index (χ2n) is 5.99. The highest BCUT2D eigenvalue weighted by Crippen LogP contribution is 2.29. The molecule has 3 rings (SSSR count). The van der Waals surface area contributed by atoms with Crippen molar-refractivity contribution in [2.24, 2.45) is 5.73 Å². The van der Waals surface area contributed by atoms with Crippen LogP contribution in [0.3, 0.4) is 0 Å². The molecule has 23 heavy (non-hydrogen) atoms. The Morgan fingerprint density at radius 2 is 1.83 bits per heavy atom. The lowest BCUT2D eigenvalue weighted by Gasteiger charge is -2.38. The topological polar surface area (TPSA) is 75.4 Å². The molecule has 0 spiro atoms. The number of aryl methyl sites for hydroxylation is 1. The zero-order chi connectivity index (χ0) is 14.9. The summed E-state index contributed by atoms with van der Waals surface area (Å²) < 4.78 is 4.33. The second kappa shape index (κ2) is 8.46. The van der Waals surface area contributed by atoms with Gasteiger partial charge in [-0.3, -0.25) is 4.79 Å². The number of anilines is 1. The van der Waals surface area contributed by atoms with E-state index in [1.165, 1.54) is 11.5 Å². The summed E-state index contributed by atoms with van der Waals surface area (Å²) in [4.78, 5) is 21.2. The maximum atomic E-state index is 12.6. The molecular formula is C14H25Cl2N5OS. The first kappa shape index (κ1) is 20.4.